The van der Waals surface area contributed by atoms with Crippen LogP contribution in [-0.4, -0.2) is 36.1 Å². The van der Waals surface area contributed by atoms with Gasteiger partial charge in [-0.3, -0.25) is 4.68 Å². The van der Waals surface area contributed by atoms with Crippen LogP contribution in [0.1, 0.15) is 36.4 Å². The molecular weight excluding hydrogens is 332 g/mol. The second-order valence-corrected chi connectivity index (χ2v) is 6.85. The number of aromatic nitrogens is 5. The molecule has 0 bridgehead atoms. The van der Waals surface area contributed by atoms with Gasteiger partial charge in [-0.25, -0.2) is 4.98 Å². The van der Waals surface area contributed by atoms with E-state index in [2.05, 4.69) is 26.6 Å². The molecule has 0 radical (unpaired) electrons. The number of aryl methyl sites for hydroxylation is 2. The molecule has 0 amide bonds. The van der Waals surface area contributed by atoms with Gasteiger partial charge in [0.05, 0.1) is 30.1 Å². The maximum atomic E-state index is 9.48. The normalized spacial score (nSPS) is 11.7. The van der Waals surface area contributed by atoms with Crippen LogP contribution in [0.15, 0.2) is 12.3 Å². The van der Waals surface area contributed by atoms with Crippen LogP contribution in [0.3, 0.4) is 0 Å². The molecule has 9 heteroatoms. The molecule has 0 spiro atoms. The fourth-order valence-corrected chi connectivity index (χ4v) is 2.56. The molecule has 0 aliphatic rings. The molecule has 0 aliphatic heterocycles. The van der Waals surface area contributed by atoms with E-state index >= 15 is 0 Å². The summed E-state index contributed by atoms with van der Waals surface area (Å²) in [5, 5.41) is 30.9. The smallest absolute Gasteiger partial charge is 0.162 e. The van der Waals surface area contributed by atoms with E-state index in [-0.39, 0.29) is 18.0 Å². The van der Waals surface area contributed by atoms with Gasteiger partial charge in [-0.05, 0) is 33.8 Å². The summed E-state index contributed by atoms with van der Waals surface area (Å²) in [5.41, 5.74) is 8.98. The molecule has 0 unspecified atom stereocenters. The van der Waals surface area contributed by atoms with E-state index in [1.165, 1.54) is 4.52 Å². The molecule has 4 N–H and O–H groups in total. The zero-order valence-corrected chi connectivity index (χ0v) is 15.3. The van der Waals surface area contributed by atoms with Gasteiger partial charge in [0.15, 0.2) is 11.5 Å². The van der Waals surface area contributed by atoms with Crippen LogP contribution in [0.25, 0.3) is 5.65 Å². The number of nitrogens with zero attached hydrogens (tertiary/aromatic N) is 6. The minimum Gasteiger partial charge on any atom is -0.394 e. The van der Waals surface area contributed by atoms with Crippen molar-refractivity contribution in [3.63, 3.8) is 0 Å². The Hall–Kier alpha value is -3.12. The molecule has 0 saturated carbocycles. The highest BCUT2D eigenvalue weighted by atomic mass is 16.3. The number of nitrogens with two attached hydrogens (primary N) is 1. The van der Waals surface area contributed by atoms with E-state index in [1.54, 1.807) is 4.68 Å². The summed E-state index contributed by atoms with van der Waals surface area (Å²) in [4.78, 5) is 4.53. The topological polar surface area (TPSA) is 130 Å². The van der Waals surface area contributed by atoms with Crippen molar-refractivity contribution in [1.29, 1.82) is 5.26 Å². The highest BCUT2D eigenvalue weighted by Crippen LogP contribution is 2.24. The first-order chi connectivity index (χ1) is 12.3. The third kappa shape index (κ3) is 2.84. The Morgan fingerprint density at radius 1 is 1.35 bits per heavy atom. The quantitative estimate of drug-likeness (QED) is 0.630. The third-order valence-corrected chi connectivity index (χ3v) is 4.47. The fourth-order valence-electron chi connectivity index (χ4n) is 2.56. The highest BCUT2D eigenvalue weighted by molar-refractivity contribution is 5.69. The van der Waals surface area contributed by atoms with E-state index in [0.717, 1.165) is 17.0 Å². The molecule has 9 nitrogen and oxygen atoms in total. The Morgan fingerprint density at radius 2 is 2.08 bits per heavy atom. The largest absolute Gasteiger partial charge is 0.394 e. The number of aliphatic hydroxyl groups excluding tert-OH is 1. The van der Waals surface area contributed by atoms with Gasteiger partial charge in [0.2, 0.25) is 0 Å². The van der Waals surface area contributed by atoms with Gasteiger partial charge >= 0.3 is 0 Å². The zero-order chi connectivity index (χ0) is 19.1. The average Bonchev–Trinajstić information content (AvgIpc) is 3.20. The molecule has 0 atom stereocenters. The Morgan fingerprint density at radius 3 is 2.73 bits per heavy atom. The van der Waals surface area contributed by atoms with E-state index in [4.69, 9.17) is 5.73 Å². The zero-order valence-electron chi connectivity index (χ0n) is 15.3. The predicted molar refractivity (Wildman–Crippen MR) is 97.5 cm³/mol. The van der Waals surface area contributed by atoms with Gasteiger partial charge in [-0.15, -0.1) is 0 Å². The first-order valence-corrected chi connectivity index (χ1v) is 8.23. The fraction of sp³-hybridized carbons (Fsp3) is 0.412. The SMILES string of the molecule is Cc1nn2c(N)c(C#N)c(NCc3ccn(C(C)(C)CO)n3)nc2c1C. The van der Waals surface area contributed by atoms with Gasteiger partial charge in [0.1, 0.15) is 17.5 Å². The van der Waals surface area contributed by atoms with Gasteiger partial charge in [0, 0.05) is 11.8 Å². The second-order valence-electron chi connectivity index (χ2n) is 6.85. The number of nitriles is 1. The first-order valence-electron chi connectivity index (χ1n) is 8.23. The minimum absolute atomic E-state index is 0.0191. The Bertz CT molecular complexity index is 1010. The molecule has 0 saturated heterocycles. The maximum Gasteiger partial charge on any atom is 0.162 e. The molecule has 0 fully saturated rings. The Kier molecular flexibility index (Phi) is 4.29. The van der Waals surface area contributed by atoms with Crippen molar-refractivity contribution in [3.8, 4) is 6.07 Å². The molecule has 26 heavy (non-hydrogen) atoms. The standard InChI is InChI=1S/C17H22N8O/c1-10-11(2)22-25-14(19)13(7-18)15(21-16(10)25)20-8-12-5-6-24(23-12)17(3,4)9-26/h5-6,26H,8-9,19H2,1-4H3,(H,20,21). The summed E-state index contributed by atoms with van der Waals surface area (Å²) in [6.07, 6.45) is 1.81. The van der Waals surface area contributed by atoms with Crippen LogP contribution in [-0.2, 0) is 12.1 Å². The number of nitrogens with one attached hydrogen (secondary N) is 1. The van der Waals surface area contributed by atoms with Crippen molar-refractivity contribution in [2.24, 2.45) is 0 Å². The summed E-state index contributed by atoms with van der Waals surface area (Å²) in [6, 6.07) is 3.94. The van der Waals surface area contributed by atoms with Crippen molar-refractivity contribution in [2.75, 3.05) is 17.7 Å². The first kappa shape index (κ1) is 17.7. The van der Waals surface area contributed by atoms with E-state index in [1.807, 2.05) is 40.0 Å². The number of hydrogen-bond acceptors (Lipinski definition) is 7. The van der Waals surface area contributed by atoms with Gasteiger partial charge in [-0.2, -0.15) is 20.0 Å². The second kappa shape index (κ2) is 6.31. The van der Waals surface area contributed by atoms with E-state index in [0.29, 0.717) is 18.0 Å². The van der Waals surface area contributed by atoms with Gasteiger partial charge < -0.3 is 16.2 Å². The molecular formula is C17H22N8O. The Labute approximate surface area is 151 Å². The van der Waals surface area contributed by atoms with Crippen LogP contribution in [0, 0.1) is 25.2 Å². The monoisotopic (exact) mass is 354 g/mol. The lowest BCUT2D eigenvalue weighted by atomic mass is 10.1. The molecule has 3 rings (SSSR count). The minimum atomic E-state index is -0.482. The lowest BCUT2D eigenvalue weighted by molar-refractivity contribution is 0.152. The van der Waals surface area contributed by atoms with Gasteiger partial charge in [0.25, 0.3) is 0 Å². The number of aliphatic hydroxyl groups is 1. The highest BCUT2D eigenvalue weighted by Gasteiger charge is 2.20. The number of rotatable bonds is 5. The summed E-state index contributed by atoms with van der Waals surface area (Å²) in [7, 11) is 0. The number of anilines is 2. The Balaban J connectivity index is 1.92. The lowest BCUT2D eigenvalue weighted by Crippen LogP contribution is -2.31. The summed E-state index contributed by atoms with van der Waals surface area (Å²) in [6.45, 7) is 7.93. The lowest BCUT2D eigenvalue weighted by Gasteiger charge is -2.22. The van der Waals surface area contributed by atoms with Gasteiger partial charge in [-0.1, -0.05) is 0 Å². The molecule has 0 aromatic carbocycles. The van der Waals surface area contributed by atoms with E-state index < -0.39 is 5.54 Å². The van der Waals surface area contributed by atoms with Crippen molar-refractivity contribution in [3.05, 3.63) is 34.8 Å². The molecule has 3 heterocycles. The summed E-state index contributed by atoms with van der Waals surface area (Å²) < 4.78 is 3.21. The summed E-state index contributed by atoms with van der Waals surface area (Å²) in [5.74, 6) is 0.652. The third-order valence-electron chi connectivity index (χ3n) is 4.47. The van der Waals surface area contributed by atoms with Crippen LogP contribution in [0.2, 0.25) is 0 Å². The van der Waals surface area contributed by atoms with Crippen LogP contribution < -0.4 is 11.1 Å². The van der Waals surface area contributed by atoms with Crippen LogP contribution in [0.4, 0.5) is 11.6 Å². The average molecular weight is 354 g/mol. The summed E-state index contributed by atoms with van der Waals surface area (Å²) >= 11 is 0. The molecule has 3 aromatic heterocycles. The van der Waals surface area contributed by atoms with E-state index in [9.17, 15) is 10.4 Å². The predicted octanol–water partition coefficient (Wildman–Crippen LogP) is 1.34. The maximum absolute atomic E-state index is 9.48. The molecule has 136 valence electrons. The number of hydrogen-bond donors (Lipinski definition) is 3. The number of fused-ring (bicyclic) bond motifs is 1. The molecule has 0 aliphatic carbocycles. The number of nitrogen functional groups attached to an aromatic ring is 1. The van der Waals surface area contributed by atoms with Crippen molar-refractivity contribution in [2.45, 2.75) is 39.8 Å². The van der Waals surface area contributed by atoms with Crippen molar-refractivity contribution < 1.29 is 5.11 Å². The van der Waals surface area contributed by atoms with Crippen molar-refractivity contribution in [1.82, 2.24) is 24.4 Å². The van der Waals surface area contributed by atoms with Crippen LogP contribution in [0.5, 0.6) is 0 Å². The van der Waals surface area contributed by atoms with Crippen LogP contribution >= 0.6 is 0 Å². The molecule has 3 aromatic rings. The van der Waals surface area contributed by atoms with Crippen molar-refractivity contribution >= 4 is 17.3 Å².